The average molecular weight is 333 g/mol. The number of thiophene rings is 2. The van der Waals surface area contributed by atoms with Crippen molar-refractivity contribution in [3.63, 3.8) is 0 Å². The van der Waals surface area contributed by atoms with Gasteiger partial charge in [0, 0.05) is 0 Å². The van der Waals surface area contributed by atoms with Gasteiger partial charge in [0.25, 0.3) is 0 Å². The molecule has 22 heavy (non-hydrogen) atoms. The highest BCUT2D eigenvalue weighted by Crippen LogP contribution is 2.24. The predicted molar refractivity (Wildman–Crippen MR) is 83.3 cm³/mol. The van der Waals surface area contributed by atoms with Crippen LogP contribution >= 0.6 is 22.7 Å². The quantitative estimate of drug-likeness (QED) is 0.521. The molecule has 3 aromatic heterocycles. The maximum absolute atomic E-state index is 11.9. The van der Waals surface area contributed by atoms with E-state index in [-0.39, 0.29) is 12.4 Å². The standard InChI is InChI=1S/C15H11NO4S2/c1-9(17)11-4-5-13(22-11)15(18)20-8-10-7-19-14(16-10)12-3-2-6-21-12/h2-7H,8H2,1H3. The molecule has 0 bridgehead atoms. The second kappa shape index (κ2) is 6.25. The summed E-state index contributed by atoms with van der Waals surface area (Å²) in [4.78, 5) is 29.2. The summed E-state index contributed by atoms with van der Waals surface area (Å²) in [6.07, 6.45) is 1.47. The fraction of sp³-hybridized carbons (Fsp3) is 0.133. The lowest BCUT2D eigenvalue weighted by Gasteiger charge is -1.99. The fourth-order valence-corrected chi connectivity index (χ4v) is 3.18. The molecule has 5 nitrogen and oxygen atoms in total. The largest absolute Gasteiger partial charge is 0.455 e. The van der Waals surface area contributed by atoms with E-state index in [4.69, 9.17) is 9.15 Å². The lowest BCUT2D eigenvalue weighted by molar-refractivity contribution is 0.0473. The van der Waals surface area contributed by atoms with Crippen LogP contribution in [-0.2, 0) is 11.3 Å². The second-order valence-corrected chi connectivity index (χ2v) is 6.45. The zero-order valence-corrected chi connectivity index (χ0v) is 13.2. The van der Waals surface area contributed by atoms with E-state index in [2.05, 4.69) is 4.98 Å². The monoisotopic (exact) mass is 333 g/mol. The number of esters is 1. The number of carbonyl (C=O) groups is 2. The Morgan fingerprint density at radius 1 is 1.27 bits per heavy atom. The number of nitrogens with zero attached hydrogens (tertiary/aromatic N) is 1. The molecule has 0 amide bonds. The summed E-state index contributed by atoms with van der Waals surface area (Å²) < 4.78 is 10.5. The molecule has 7 heteroatoms. The molecule has 0 radical (unpaired) electrons. The smallest absolute Gasteiger partial charge is 0.348 e. The molecule has 0 saturated carbocycles. The van der Waals surface area contributed by atoms with Crippen LogP contribution in [0.25, 0.3) is 10.8 Å². The maximum atomic E-state index is 11.9. The first-order valence-electron chi connectivity index (χ1n) is 6.39. The highest BCUT2D eigenvalue weighted by atomic mass is 32.1. The first-order valence-corrected chi connectivity index (χ1v) is 8.09. The van der Waals surface area contributed by atoms with Crippen molar-refractivity contribution in [3.8, 4) is 10.8 Å². The molecule has 0 fully saturated rings. The SMILES string of the molecule is CC(=O)c1ccc(C(=O)OCc2coc(-c3cccs3)n2)s1. The summed E-state index contributed by atoms with van der Waals surface area (Å²) in [6.45, 7) is 1.49. The lowest BCUT2D eigenvalue weighted by atomic mass is 10.3. The lowest BCUT2D eigenvalue weighted by Crippen LogP contribution is -2.03. The second-order valence-electron chi connectivity index (χ2n) is 4.42. The van der Waals surface area contributed by atoms with Gasteiger partial charge in [-0.25, -0.2) is 9.78 Å². The normalized spacial score (nSPS) is 10.6. The van der Waals surface area contributed by atoms with Crippen LogP contribution in [0.1, 0.15) is 32.0 Å². The summed E-state index contributed by atoms with van der Waals surface area (Å²) in [6, 6.07) is 7.02. The number of aromatic nitrogens is 1. The Bertz CT molecular complexity index is 801. The summed E-state index contributed by atoms with van der Waals surface area (Å²) >= 11 is 2.64. The van der Waals surface area contributed by atoms with E-state index in [0.717, 1.165) is 16.2 Å². The number of hydrogen-bond acceptors (Lipinski definition) is 7. The van der Waals surface area contributed by atoms with Crippen molar-refractivity contribution < 1.29 is 18.7 Å². The van der Waals surface area contributed by atoms with E-state index >= 15 is 0 Å². The summed E-state index contributed by atoms with van der Waals surface area (Å²) in [5.41, 5.74) is 0.542. The molecule has 0 aromatic carbocycles. The molecule has 0 unspecified atom stereocenters. The third-order valence-electron chi connectivity index (χ3n) is 2.79. The van der Waals surface area contributed by atoms with E-state index in [0.29, 0.717) is 21.3 Å². The van der Waals surface area contributed by atoms with Gasteiger partial charge in [-0.15, -0.1) is 22.7 Å². The minimum atomic E-state index is -0.474. The Morgan fingerprint density at radius 2 is 2.09 bits per heavy atom. The number of carbonyl (C=O) groups excluding carboxylic acids is 2. The van der Waals surface area contributed by atoms with Gasteiger partial charge in [-0.05, 0) is 30.5 Å². The van der Waals surface area contributed by atoms with Crippen LogP contribution in [-0.4, -0.2) is 16.7 Å². The van der Waals surface area contributed by atoms with Crippen LogP contribution in [0.2, 0.25) is 0 Å². The van der Waals surface area contributed by atoms with E-state index < -0.39 is 5.97 Å². The molecule has 3 aromatic rings. The van der Waals surface area contributed by atoms with Crippen molar-refractivity contribution in [1.29, 1.82) is 0 Å². The molecule has 0 N–H and O–H groups in total. The van der Waals surface area contributed by atoms with E-state index in [1.165, 1.54) is 24.5 Å². The fourth-order valence-electron chi connectivity index (χ4n) is 1.73. The molecule has 0 atom stereocenters. The van der Waals surface area contributed by atoms with Gasteiger partial charge in [0.15, 0.2) is 5.78 Å². The Labute approximate surface area is 134 Å². The molecular weight excluding hydrogens is 322 g/mol. The minimum absolute atomic E-state index is 0.0288. The van der Waals surface area contributed by atoms with Gasteiger partial charge in [-0.3, -0.25) is 4.79 Å². The molecule has 0 aliphatic rings. The van der Waals surface area contributed by atoms with Crippen molar-refractivity contribution in [2.24, 2.45) is 0 Å². The highest BCUT2D eigenvalue weighted by molar-refractivity contribution is 7.15. The molecule has 3 heterocycles. The molecule has 0 aliphatic heterocycles. The van der Waals surface area contributed by atoms with Crippen LogP contribution < -0.4 is 0 Å². The van der Waals surface area contributed by atoms with E-state index in [9.17, 15) is 9.59 Å². The molecule has 0 saturated heterocycles. The number of Topliss-reactive ketones (excluding diaryl/α,β-unsaturated/α-hetero) is 1. The first kappa shape index (κ1) is 14.7. The Balaban J connectivity index is 1.62. The first-order chi connectivity index (χ1) is 10.6. The Hall–Kier alpha value is -2.25. The van der Waals surface area contributed by atoms with Crippen molar-refractivity contribution >= 4 is 34.4 Å². The molecule has 112 valence electrons. The van der Waals surface area contributed by atoms with Crippen LogP contribution in [0.3, 0.4) is 0 Å². The number of ketones is 1. The Kier molecular flexibility index (Phi) is 4.17. The zero-order chi connectivity index (χ0) is 15.5. The van der Waals surface area contributed by atoms with Crippen molar-refractivity contribution in [3.05, 3.63) is 51.4 Å². The molecular formula is C15H11NO4S2. The summed E-state index contributed by atoms with van der Waals surface area (Å²) in [5, 5.41) is 1.93. The third-order valence-corrected chi connectivity index (χ3v) is 4.81. The molecule has 3 rings (SSSR count). The van der Waals surface area contributed by atoms with Gasteiger partial charge in [-0.2, -0.15) is 0 Å². The summed E-state index contributed by atoms with van der Waals surface area (Å²) in [7, 11) is 0. The molecule has 0 spiro atoms. The third kappa shape index (κ3) is 3.15. The van der Waals surface area contributed by atoms with Gasteiger partial charge >= 0.3 is 5.97 Å². The van der Waals surface area contributed by atoms with Crippen LogP contribution in [0, 0.1) is 0 Å². The van der Waals surface area contributed by atoms with Crippen molar-refractivity contribution in [2.75, 3.05) is 0 Å². The van der Waals surface area contributed by atoms with Gasteiger partial charge in [0.1, 0.15) is 23.4 Å². The Morgan fingerprint density at radius 3 is 2.77 bits per heavy atom. The van der Waals surface area contributed by atoms with E-state index in [1.54, 1.807) is 12.1 Å². The predicted octanol–water partition coefficient (Wildman–Crippen LogP) is 4.02. The topological polar surface area (TPSA) is 69.4 Å². The summed E-state index contributed by atoms with van der Waals surface area (Å²) in [5.74, 6) is -0.0321. The van der Waals surface area contributed by atoms with Crippen LogP contribution in [0.4, 0.5) is 0 Å². The maximum Gasteiger partial charge on any atom is 0.348 e. The number of hydrogen-bond donors (Lipinski definition) is 0. The zero-order valence-electron chi connectivity index (χ0n) is 11.6. The van der Waals surface area contributed by atoms with Gasteiger partial charge in [0.2, 0.25) is 5.89 Å². The van der Waals surface area contributed by atoms with Crippen LogP contribution in [0.5, 0.6) is 0 Å². The molecule has 0 aliphatic carbocycles. The van der Waals surface area contributed by atoms with Gasteiger partial charge in [0.05, 0.1) is 9.75 Å². The van der Waals surface area contributed by atoms with Gasteiger partial charge < -0.3 is 9.15 Å². The van der Waals surface area contributed by atoms with Gasteiger partial charge in [-0.1, -0.05) is 6.07 Å². The van der Waals surface area contributed by atoms with Crippen molar-refractivity contribution in [1.82, 2.24) is 4.98 Å². The minimum Gasteiger partial charge on any atom is -0.455 e. The number of rotatable bonds is 5. The highest BCUT2D eigenvalue weighted by Gasteiger charge is 2.14. The van der Waals surface area contributed by atoms with Crippen LogP contribution in [0.15, 0.2) is 40.3 Å². The number of ether oxygens (including phenoxy) is 1. The van der Waals surface area contributed by atoms with E-state index in [1.807, 2.05) is 17.5 Å². The average Bonchev–Trinajstić information content (AvgIpc) is 3.23. The number of oxazole rings is 1. The van der Waals surface area contributed by atoms with Crippen molar-refractivity contribution in [2.45, 2.75) is 13.5 Å².